The van der Waals surface area contributed by atoms with Gasteiger partial charge in [0.15, 0.2) is 0 Å². The minimum atomic E-state index is -0.0672. The number of nitrogens with zero attached hydrogens (tertiary/aromatic N) is 1. The van der Waals surface area contributed by atoms with Gasteiger partial charge in [-0.2, -0.15) is 0 Å². The van der Waals surface area contributed by atoms with Gasteiger partial charge in [-0.1, -0.05) is 29.8 Å². The van der Waals surface area contributed by atoms with E-state index in [4.69, 9.17) is 11.6 Å². The van der Waals surface area contributed by atoms with Crippen molar-refractivity contribution in [1.29, 1.82) is 0 Å². The fraction of sp³-hybridized carbons (Fsp3) is 0.286. The largest absolute Gasteiger partial charge is 0.338 e. The Labute approximate surface area is 111 Å². The number of rotatable bonds is 2. The zero-order valence-electron chi connectivity index (χ0n) is 9.93. The molecule has 1 aliphatic rings. The lowest BCUT2D eigenvalue weighted by molar-refractivity contribution is -0.130. The lowest BCUT2D eigenvalue weighted by Crippen LogP contribution is -2.37. The van der Waals surface area contributed by atoms with Crippen LogP contribution in [0.5, 0.6) is 0 Å². The van der Waals surface area contributed by atoms with E-state index in [0.717, 1.165) is 5.56 Å². The Kier molecular flexibility index (Phi) is 4.15. The number of hydrogen-bond acceptors (Lipinski definition) is 2. The van der Waals surface area contributed by atoms with Crippen molar-refractivity contribution < 1.29 is 9.59 Å². The van der Waals surface area contributed by atoms with Crippen molar-refractivity contribution >= 4 is 29.4 Å². The van der Waals surface area contributed by atoms with Crippen LogP contribution in [0, 0.1) is 0 Å². The van der Waals surface area contributed by atoms with E-state index in [2.05, 4.69) is 0 Å². The molecule has 0 N–H and O–H groups in total. The maximum absolute atomic E-state index is 11.9. The monoisotopic (exact) mass is 263 g/mol. The van der Waals surface area contributed by atoms with E-state index in [0.29, 0.717) is 31.0 Å². The van der Waals surface area contributed by atoms with Crippen LogP contribution in [0.4, 0.5) is 0 Å². The molecule has 0 unspecified atom stereocenters. The molecule has 4 heteroatoms. The Hall–Kier alpha value is -1.61. The van der Waals surface area contributed by atoms with Crippen molar-refractivity contribution in [2.75, 3.05) is 13.1 Å². The minimum absolute atomic E-state index is 0.0672. The summed E-state index contributed by atoms with van der Waals surface area (Å²) in [5.41, 5.74) is 0.820. The number of piperidine rings is 1. The van der Waals surface area contributed by atoms with Crippen LogP contribution in [0.1, 0.15) is 18.4 Å². The predicted octanol–water partition coefficient (Wildman–Crippen LogP) is 2.54. The Bertz CT molecular complexity index is 486. The molecule has 3 nitrogen and oxygen atoms in total. The lowest BCUT2D eigenvalue weighted by Gasteiger charge is -2.24. The van der Waals surface area contributed by atoms with Gasteiger partial charge in [0.25, 0.3) is 0 Å². The number of benzene rings is 1. The molecule has 1 amide bonds. The predicted molar refractivity (Wildman–Crippen MR) is 71.3 cm³/mol. The highest BCUT2D eigenvalue weighted by atomic mass is 35.5. The molecule has 1 aliphatic heterocycles. The van der Waals surface area contributed by atoms with E-state index >= 15 is 0 Å². The summed E-state index contributed by atoms with van der Waals surface area (Å²) in [6, 6.07) is 7.35. The first-order valence-corrected chi connectivity index (χ1v) is 6.28. The highest BCUT2D eigenvalue weighted by molar-refractivity contribution is 6.32. The number of halogens is 1. The number of likely N-dealkylation sites (tertiary alicyclic amines) is 1. The maximum atomic E-state index is 11.9. The summed E-state index contributed by atoms with van der Waals surface area (Å²) in [6.45, 7) is 1.04. The molecule has 0 atom stereocenters. The summed E-state index contributed by atoms with van der Waals surface area (Å²) in [5.74, 6) is 0.163. The highest BCUT2D eigenvalue weighted by Gasteiger charge is 2.18. The van der Waals surface area contributed by atoms with E-state index in [1.807, 2.05) is 18.2 Å². The molecule has 0 spiro atoms. The van der Waals surface area contributed by atoms with Gasteiger partial charge in [0.05, 0.1) is 0 Å². The number of carbonyl (C=O) groups is 2. The molecule has 0 aliphatic carbocycles. The van der Waals surface area contributed by atoms with Crippen molar-refractivity contribution in [2.24, 2.45) is 0 Å². The van der Waals surface area contributed by atoms with Gasteiger partial charge in [-0.25, -0.2) is 0 Å². The topological polar surface area (TPSA) is 37.4 Å². The molecule has 94 valence electrons. The first-order valence-electron chi connectivity index (χ1n) is 5.90. The molecule has 18 heavy (non-hydrogen) atoms. The molecule has 0 aromatic heterocycles. The van der Waals surface area contributed by atoms with Crippen molar-refractivity contribution in [3.63, 3.8) is 0 Å². The standard InChI is InChI=1S/C14H14ClNO2/c15-13-4-2-1-3-11(13)5-6-14(18)16-9-7-12(17)8-10-16/h1-6H,7-10H2/b6-5+. The molecule has 1 heterocycles. The second-order valence-electron chi connectivity index (χ2n) is 4.22. The van der Waals surface area contributed by atoms with Crippen LogP contribution in [-0.2, 0) is 9.59 Å². The minimum Gasteiger partial charge on any atom is -0.338 e. The van der Waals surface area contributed by atoms with Gasteiger partial charge in [0, 0.05) is 37.0 Å². The summed E-state index contributed by atoms with van der Waals surface area (Å²) in [4.78, 5) is 24.6. The molecule has 0 saturated carbocycles. The van der Waals surface area contributed by atoms with Crippen LogP contribution in [0.2, 0.25) is 5.02 Å². The second-order valence-corrected chi connectivity index (χ2v) is 4.63. The molecular weight excluding hydrogens is 250 g/mol. The fourth-order valence-corrected chi connectivity index (χ4v) is 2.05. The van der Waals surface area contributed by atoms with Gasteiger partial charge in [-0.3, -0.25) is 9.59 Å². The molecular formula is C14H14ClNO2. The summed E-state index contributed by atoms with van der Waals surface area (Å²) in [7, 11) is 0. The van der Waals surface area contributed by atoms with Gasteiger partial charge in [0.2, 0.25) is 5.91 Å². The van der Waals surface area contributed by atoms with Gasteiger partial charge in [-0.05, 0) is 17.7 Å². The molecule has 1 aromatic rings. The Morgan fingerprint density at radius 3 is 2.56 bits per heavy atom. The maximum Gasteiger partial charge on any atom is 0.246 e. The molecule has 2 rings (SSSR count). The fourth-order valence-electron chi connectivity index (χ4n) is 1.85. The average molecular weight is 264 g/mol. The SMILES string of the molecule is O=C1CCN(C(=O)/C=C/c2ccccc2Cl)CC1. The molecule has 1 fully saturated rings. The zero-order valence-corrected chi connectivity index (χ0v) is 10.7. The smallest absolute Gasteiger partial charge is 0.246 e. The van der Waals surface area contributed by atoms with Crippen LogP contribution in [0.3, 0.4) is 0 Å². The summed E-state index contributed by atoms with van der Waals surface area (Å²) in [5, 5.41) is 0.621. The second kappa shape index (κ2) is 5.83. The molecule has 0 bridgehead atoms. The molecule has 1 saturated heterocycles. The van der Waals surface area contributed by atoms with Crippen LogP contribution < -0.4 is 0 Å². The summed E-state index contributed by atoms with van der Waals surface area (Å²) >= 11 is 5.99. The van der Waals surface area contributed by atoms with Gasteiger partial charge in [0.1, 0.15) is 5.78 Å². The number of hydrogen-bond donors (Lipinski definition) is 0. The molecule has 1 aromatic carbocycles. The average Bonchev–Trinajstić information content (AvgIpc) is 2.38. The third-order valence-corrected chi connectivity index (χ3v) is 3.29. The quantitative estimate of drug-likeness (QED) is 0.769. The van der Waals surface area contributed by atoms with Crippen molar-refractivity contribution in [1.82, 2.24) is 4.90 Å². The van der Waals surface area contributed by atoms with E-state index in [1.165, 1.54) is 6.08 Å². The summed E-state index contributed by atoms with van der Waals surface area (Å²) in [6.07, 6.45) is 4.15. The first kappa shape index (κ1) is 12.8. The third kappa shape index (κ3) is 3.20. The van der Waals surface area contributed by atoms with Crippen LogP contribution >= 0.6 is 11.6 Å². The Morgan fingerprint density at radius 2 is 1.89 bits per heavy atom. The zero-order chi connectivity index (χ0) is 13.0. The number of amides is 1. The first-order chi connectivity index (χ1) is 8.66. The van der Waals surface area contributed by atoms with Crippen molar-refractivity contribution in [2.45, 2.75) is 12.8 Å². The number of ketones is 1. The van der Waals surface area contributed by atoms with E-state index in [9.17, 15) is 9.59 Å². The van der Waals surface area contributed by atoms with Gasteiger partial charge in [-0.15, -0.1) is 0 Å². The Balaban J connectivity index is 1.99. The van der Waals surface area contributed by atoms with Gasteiger partial charge >= 0.3 is 0 Å². The van der Waals surface area contributed by atoms with Gasteiger partial charge < -0.3 is 4.90 Å². The summed E-state index contributed by atoms with van der Waals surface area (Å²) < 4.78 is 0. The number of Topliss-reactive ketones (excluding diaryl/α,β-unsaturated/α-hetero) is 1. The third-order valence-electron chi connectivity index (χ3n) is 2.94. The van der Waals surface area contributed by atoms with Crippen LogP contribution in [-0.4, -0.2) is 29.7 Å². The number of carbonyl (C=O) groups excluding carboxylic acids is 2. The van der Waals surface area contributed by atoms with E-state index < -0.39 is 0 Å². The van der Waals surface area contributed by atoms with Crippen molar-refractivity contribution in [3.05, 3.63) is 40.9 Å². The lowest BCUT2D eigenvalue weighted by atomic mass is 10.1. The van der Waals surface area contributed by atoms with E-state index in [-0.39, 0.29) is 11.7 Å². The van der Waals surface area contributed by atoms with Crippen LogP contribution in [0.15, 0.2) is 30.3 Å². The van der Waals surface area contributed by atoms with E-state index in [1.54, 1.807) is 17.0 Å². The Morgan fingerprint density at radius 1 is 1.22 bits per heavy atom. The highest BCUT2D eigenvalue weighted by Crippen LogP contribution is 2.16. The van der Waals surface area contributed by atoms with Crippen molar-refractivity contribution in [3.8, 4) is 0 Å². The molecule has 0 radical (unpaired) electrons. The van der Waals surface area contributed by atoms with Crippen LogP contribution in [0.25, 0.3) is 6.08 Å². The normalized spacial score (nSPS) is 16.3.